The SMILES string of the molecule is Cc1cc2[nH]c(=O)c3cnn(C4CCOCC4)c3c2cc1C(=O)N1CCN(c2cnccn2)CC1. The van der Waals surface area contributed by atoms with Gasteiger partial charge < -0.3 is 19.5 Å². The highest BCUT2D eigenvalue weighted by molar-refractivity contribution is 6.07. The Bertz CT molecular complexity index is 1450. The van der Waals surface area contributed by atoms with Crippen molar-refractivity contribution in [1.29, 1.82) is 0 Å². The number of rotatable bonds is 3. The first-order valence-electron chi connectivity index (χ1n) is 12.0. The van der Waals surface area contributed by atoms with Crippen LogP contribution in [-0.2, 0) is 4.74 Å². The number of aromatic nitrogens is 5. The maximum absolute atomic E-state index is 13.6. The van der Waals surface area contributed by atoms with E-state index in [-0.39, 0.29) is 17.5 Å². The summed E-state index contributed by atoms with van der Waals surface area (Å²) >= 11 is 0. The molecule has 1 amide bonds. The number of hydrogen-bond donors (Lipinski definition) is 1. The number of amides is 1. The van der Waals surface area contributed by atoms with Crippen LogP contribution in [0.3, 0.4) is 0 Å². The molecule has 10 nitrogen and oxygen atoms in total. The molecule has 10 heteroatoms. The van der Waals surface area contributed by atoms with E-state index in [1.54, 1.807) is 24.8 Å². The van der Waals surface area contributed by atoms with Gasteiger partial charge >= 0.3 is 0 Å². The van der Waals surface area contributed by atoms with E-state index in [0.717, 1.165) is 40.6 Å². The van der Waals surface area contributed by atoms with Crippen LogP contribution < -0.4 is 10.5 Å². The lowest BCUT2D eigenvalue weighted by atomic mass is 10.0. The highest BCUT2D eigenvalue weighted by Crippen LogP contribution is 2.30. The Morgan fingerprint density at radius 2 is 1.86 bits per heavy atom. The number of ether oxygens (including phenoxy) is 1. The Labute approximate surface area is 201 Å². The summed E-state index contributed by atoms with van der Waals surface area (Å²) in [6.07, 6.45) is 8.41. The van der Waals surface area contributed by atoms with Crippen LogP contribution in [0, 0.1) is 6.92 Å². The number of carbonyl (C=O) groups excluding carboxylic acids is 1. The second-order valence-electron chi connectivity index (χ2n) is 9.20. The van der Waals surface area contributed by atoms with Crippen molar-refractivity contribution in [3.8, 4) is 0 Å². The van der Waals surface area contributed by atoms with E-state index >= 15 is 0 Å². The van der Waals surface area contributed by atoms with E-state index < -0.39 is 0 Å². The topological polar surface area (TPSA) is 109 Å². The molecule has 0 saturated carbocycles. The summed E-state index contributed by atoms with van der Waals surface area (Å²) in [7, 11) is 0. The monoisotopic (exact) mass is 473 g/mol. The highest BCUT2D eigenvalue weighted by atomic mass is 16.5. The van der Waals surface area contributed by atoms with Crippen LogP contribution in [0.15, 0.2) is 41.7 Å². The fraction of sp³-hybridized carbons (Fsp3) is 0.400. The molecule has 6 rings (SSSR count). The maximum atomic E-state index is 13.6. The number of piperazine rings is 1. The normalized spacial score (nSPS) is 17.4. The van der Waals surface area contributed by atoms with Crippen LogP contribution in [-0.4, -0.2) is 74.9 Å². The molecule has 35 heavy (non-hydrogen) atoms. The van der Waals surface area contributed by atoms with Crippen molar-refractivity contribution >= 4 is 33.5 Å². The molecule has 1 aromatic carbocycles. The molecule has 3 aromatic heterocycles. The summed E-state index contributed by atoms with van der Waals surface area (Å²) in [5.74, 6) is 0.828. The Morgan fingerprint density at radius 3 is 2.60 bits per heavy atom. The number of aromatic amines is 1. The van der Waals surface area contributed by atoms with E-state index in [2.05, 4.69) is 25.0 Å². The first-order valence-corrected chi connectivity index (χ1v) is 12.0. The number of carbonyl (C=O) groups is 1. The minimum Gasteiger partial charge on any atom is -0.381 e. The van der Waals surface area contributed by atoms with Crippen molar-refractivity contribution in [3.63, 3.8) is 0 Å². The number of fused-ring (bicyclic) bond motifs is 3. The van der Waals surface area contributed by atoms with Crippen molar-refractivity contribution in [3.05, 3.63) is 58.4 Å². The second kappa shape index (κ2) is 8.77. The average Bonchev–Trinajstić information content (AvgIpc) is 3.35. The van der Waals surface area contributed by atoms with E-state index in [1.807, 2.05) is 28.6 Å². The molecule has 5 heterocycles. The van der Waals surface area contributed by atoms with Crippen molar-refractivity contribution in [1.82, 2.24) is 29.6 Å². The largest absolute Gasteiger partial charge is 0.381 e. The van der Waals surface area contributed by atoms with E-state index in [9.17, 15) is 9.59 Å². The number of H-pyrrole nitrogens is 1. The Balaban J connectivity index is 1.35. The molecular formula is C25H27N7O3. The molecule has 0 bridgehead atoms. The summed E-state index contributed by atoms with van der Waals surface area (Å²) in [5, 5.41) is 5.97. The van der Waals surface area contributed by atoms with Crippen LogP contribution in [0.1, 0.15) is 34.8 Å². The average molecular weight is 474 g/mol. The Morgan fingerprint density at radius 1 is 1.06 bits per heavy atom. The Kier molecular flexibility index (Phi) is 5.44. The molecule has 0 unspecified atom stereocenters. The lowest BCUT2D eigenvalue weighted by Gasteiger charge is -2.35. The number of aryl methyl sites for hydroxylation is 1. The summed E-state index contributed by atoms with van der Waals surface area (Å²) in [6.45, 7) is 5.88. The summed E-state index contributed by atoms with van der Waals surface area (Å²) in [5.41, 5.74) is 2.84. The van der Waals surface area contributed by atoms with E-state index in [4.69, 9.17) is 4.74 Å². The molecule has 2 aliphatic rings. The van der Waals surface area contributed by atoms with Gasteiger partial charge in [-0.15, -0.1) is 0 Å². The fourth-order valence-electron chi connectivity index (χ4n) is 5.19. The summed E-state index contributed by atoms with van der Waals surface area (Å²) < 4.78 is 7.48. The van der Waals surface area contributed by atoms with Crippen LogP contribution >= 0.6 is 0 Å². The quantitative estimate of drug-likeness (QED) is 0.486. The third kappa shape index (κ3) is 3.83. The number of hydrogen-bond acceptors (Lipinski definition) is 7. The third-order valence-corrected chi connectivity index (χ3v) is 7.12. The fourth-order valence-corrected chi connectivity index (χ4v) is 5.19. The van der Waals surface area contributed by atoms with Crippen molar-refractivity contribution in [2.75, 3.05) is 44.3 Å². The van der Waals surface area contributed by atoms with Crippen LogP contribution in [0.2, 0.25) is 0 Å². The molecule has 0 aliphatic carbocycles. The van der Waals surface area contributed by atoms with Crippen molar-refractivity contribution in [2.24, 2.45) is 0 Å². The lowest BCUT2D eigenvalue weighted by molar-refractivity contribution is 0.0675. The standard InChI is InChI=1S/C25H27N7O3/c1-16-12-21-19(23-20(24(33)29-21)14-28-32(23)17-2-10-35-11-3-17)13-18(16)25(34)31-8-6-30(7-9-31)22-15-26-4-5-27-22/h4-5,12-15,17H,2-3,6-11H2,1H3,(H,29,33). The molecule has 0 spiro atoms. The van der Waals surface area contributed by atoms with Crippen LogP contribution in [0.25, 0.3) is 21.8 Å². The van der Waals surface area contributed by atoms with Gasteiger partial charge in [0, 0.05) is 62.7 Å². The van der Waals surface area contributed by atoms with Crippen molar-refractivity contribution < 1.29 is 9.53 Å². The van der Waals surface area contributed by atoms with Crippen LogP contribution in [0.5, 0.6) is 0 Å². The van der Waals surface area contributed by atoms with Gasteiger partial charge in [0.1, 0.15) is 5.82 Å². The van der Waals surface area contributed by atoms with Gasteiger partial charge in [0.15, 0.2) is 0 Å². The number of nitrogens with one attached hydrogen (secondary N) is 1. The van der Waals surface area contributed by atoms with Crippen LogP contribution in [0.4, 0.5) is 5.82 Å². The molecule has 180 valence electrons. The maximum Gasteiger partial charge on any atom is 0.259 e. The zero-order valence-corrected chi connectivity index (χ0v) is 19.6. The zero-order valence-electron chi connectivity index (χ0n) is 19.6. The minimum atomic E-state index is -0.163. The van der Waals surface area contributed by atoms with Crippen molar-refractivity contribution in [2.45, 2.75) is 25.8 Å². The molecular weight excluding hydrogens is 446 g/mol. The van der Waals surface area contributed by atoms with Gasteiger partial charge in [-0.3, -0.25) is 19.3 Å². The molecule has 2 saturated heterocycles. The van der Waals surface area contributed by atoms with E-state index in [1.165, 1.54) is 0 Å². The number of anilines is 1. The smallest absolute Gasteiger partial charge is 0.259 e. The molecule has 2 aliphatic heterocycles. The minimum absolute atomic E-state index is 0.000299. The molecule has 2 fully saturated rings. The number of pyridine rings is 1. The predicted octanol–water partition coefficient (Wildman–Crippen LogP) is 2.29. The molecule has 0 radical (unpaired) electrons. The summed E-state index contributed by atoms with van der Waals surface area (Å²) in [4.78, 5) is 41.9. The Hall–Kier alpha value is -3.79. The molecule has 0 atom stereocenters. The first kappa shape index (κ1) is 21.7. The van der Waals surface area contributed by atoms with Gasteiger partial charge in [-0.2, -0.15) is 5.10 Å². The second-order valence-corrected chi connectivity index (χ2v) is 9.20. The van der Waals surface area contributed by atoms with Gasteiger partial charge in [0.05, 0.1) is 34.9 Å². The predicted molar refractivity (Wildman–Crippen MR) is 132 cm³/mol. The third-order valence-electron chi connectivity index (χ3n) is 7.12. The number of nitrogens with zero attached hydrogens (tertiary/aromatic N) is 6. The van der Waals surface area contributed by atoms with Gasteiger partial charge in [-0.1, -0.05) is 0 Å². The summed E-state index contributed by atoms with van der Waals surface area (Å²) in [6, 6.07) is 4.00. The van der Waals surface area contributed by atoms with Gasteiger partial charge in [0.25, 0.3) is 11.5 Å². The molecule has 4 aromatic rings. The van der Waals surface area contributed by atoms with Gasteiger partial charge in [0.2, 0.25) is 0 Å². The highest BCUT2D eigenvalue weighted by Gasteiger charge is 2.26. The first-order chi connectivity index (χ1) is 17.1. The number of benzene rings is 1. The molecule has 1 N–H and O–H groups in total. The van der Waals surface area contributed by atoms with Gasteiger partial charge in [-0.05, 0) is 37.5 Å². The lowest BCUT2D eigenvalue weighted by Crippen LogP contribution is -2.49. The van der Waals surface area contributed by atoms with Gasteiger partial charge in [-0.25, -0.2) is 4.98 Å². The van der Waals surface area contributed by atoms with E-state index in [0.29, 0.717) is 50.3 Å². The zero-order chi connectivity index (χ0) is 23.9.